The number of hydrogen-bond donors (Lipinski definition) is 1. The smallest absolute Gasteiger partial charge is 0.282 e. The van der Waals surface area contributed by atoms with Crippen LogP contribution in [-0.2, 0) is 23.0 Å². The van der Waals surface area contributed by atoms with Gasteiger partial charge in [0, 0.05) is 0 Å². The van der Waals surface area contributed by atoms with Gasteiger partial charge in [0.2, 0.25) is 0 Å². The van der Waals surface area contributed by atoms with E-state index in [9.17, 15) is 13.0 Å². The summed E-state index contributed by atoms with van der Waals surface area (Å²) in [6.07, 6.45) is 5.82. The molecular weight excluding hydrogens is 695 g/mol. The van der Waals surface area contributed by atoms with Crippen molar-refractivity contribution in [1.82, 2.24) is 0 Å². The van der Waals surface area contributed by atoms with Crippen LogP contribution in [0.15, 0.2) is 118 Å². The molecule has 0 radical (unpaired) electrons. The summed E-state index contributed by atoms with van der Waals surface area (Å²) in [7, 11) is -4.35. The van der Waals surface area contributed by atoms with Crippen molar-refractivity contribution in [3.8, 4) is 0 Å². The van der Waals surface area contributed by atoms with E-state index in [-0.39, 0.29) is 4.90 Å². The first-order chi connectivity index (χ1) is 25.9. The fourth-order valence-corrected chi connectivity index (χ4v) is 9.66. The second-order valence-corrected chi connectivity index (χ2v) is 17.1. The van der Waals surface area contributed by atoms with E-state index in [4.69, 9.17) is 4.99 Å². The Balaban J connectivity index is 1.44. The molecule has 0 saturated heterocycles. The van der Waals surface area contributed by atoms with Gasteiger partial charge < -0.3 is 0 Å². The van der Waals surface area contributed by atoms with Crippen molar-refractivity contribution in [2.75, 3.05) is 0 Å². The molecule has 0 bridgehead atoms. The molecule has 0 heterocycles. The van der Waals surface area contributed by atoms with E-state index in [2.05, 4.69) is 140 Å². The number of benzene rings is 5. The van der Waals surface area contributed by atoms with Crippen molar-refractivity contribution in [2.45, 2.75) is 93.9 Å². The molecule has 1 aliphatic rings. The van der Waals surface area contributed by atoms with E-state index in [1.807, 2.05) is 13.0 Å². The van der Waals surface area contributed by atoms with Gasteiger partial charge in [-0.3, -0.25) is 4.55 Å². The molecule has 5 aromatic rings. The Bertz CT molecular complexity index is 2510. The van der Waals surface area contributed by atoms with Crippen molar-refractivity contribution in [1.29, 1.82) is 0 Å². The summed E-state index contributed by atoms with van der Waals surface area (Å²) in [5.41, 5.74) is 23.1. The molecule has 5 aromatic carbocycles. The zero-order valence-electron chi connectivity index (χ0n) is 34.2. The summed E-state index contributed by atoms with van der Waals surface area (Å²) in [6, 6.07) is 28.4. The van der Waals surface area contributed by atoms with Crippen molar-refractivity contribution >= 4 is 27.1 Å². The standard InChI is InChI=1S/C50H53NO3S/c1-29-20-31(3)45(32(4)21-29)27-40-12-16-42(17-13-40)48(47-34(6)25-44(26-35(47)7)51-49-36(8)22-30(2)23-37(49)9)43-18-14-41(15-19-43)28-46-33(5)24-38(10)50(39(46)11)55(52,53)54/h12-26H,27-28H2,1-11H3,(H,52,53,54). The van der Waals surface area contributed by atoms with Gasteiger partial charge in [0.1, 0.15) is 0 Å². The number of allylic oxidation sites excluding steroid dienone is 5. The van der Waals surface area contributed by atoms with Crippen LogP contribution in [0.5, 0.6) is 0 Å². The average Bonchev–Trinajstić information content (AvgIpc) is 3.08. The Morgan fingerprint density at radius 3 is 1.42 bits per heavy atom. The van der Waals surface area contributed by atoms with Gasteiger partial charge in [-0.05, 0) is 196 Å². The molecule has 0 fully saturated rings. The van der Waals surface area contributed by atoms with E-state index in [0.29, 0.717) is 17.5 Å². The quantitative estimate of drug-likeness (QED) is 0.161. The molecule has 0 amide bonds. The first kappa shape index (κ1) is 39.6. The third-order valence-corrected chi connectivity index (χ3v) is 12.2. The van der Waals surface area contributed by atoms with Crippen LogP contribution in [-0.4, -0.2) is 18.7 Å². The lowest BCUT2D eigenvalue weighted by Gasteiger charge is -2.22. The maximum Gasteiger partial charge on any atom is 0.295 e. The first-order valence-electron chi connectivity index (χ1n) is 19.0. The lowest BCUT2D eigenvalue weighted by molar-refractivity contribution is 0.481. The van der Waals surface area contributed by atoms with Crippen molar-refractivity contribution in [3.63, 3.8) is 0 Å². The predicted molar refractivity (Wildman–Crippen MR) is 231 cm³/mol. The van der Waals surface area contributed by atoms with Crippen LogP contribution in [0.25, 0.3) is 5.57 Å². The van der Waals surface area contributed by atoms with Gasteiger partial charge in [0.25, 0.3) is 10.1 Å². The van der Waals surface area contributed by atoms with E-state index in [0.717, 1.165) is 62.4 Å². The highest BCUT2D eigenvalue weighted by Crippen LogP contribution is 2.38. The van der Waals surface area contributed by atoms with Gasteiger partial charge >= 0.3 is 0 Å². The molecule has 4 nitrogen and oxygen atoms in total. The Hall–Kier alpha value is -5.10. The summed E-state index contributed by atoms with van der Waals surface area (Å²) in [5, 5.41) is 0. The van der Waals surface area contributed by atoms with Crippen molar-refractivity contribution in [3.05, 3.63) is 191 Å². The summed E-state index contributed by atoms with van der Waals surface area (Å²) in [6.45, 7) is 22.8. The van der Waals surface area contributed by atoms with Crippen LogP contribution in [0.2, 0.25) is 0 Å². The molecule has 0 atom stereocenters. The molecule has 6 rings (SSSR count). The monoisotopic (exact) mass is 747 g/mol. The number of aliphatic imine (C=N–C) groups is 1. The molecule has 1 N–H and O–H groups in total. The van der Waals surface area contributed by atoms with Gasteiger partial charge in [-0.15, -0.1) is 0 Å². The molecule has 282 valence electrons. The third kappa shape index (κ3) is 8.44. The molecule has 0 aromatic heterocycles. The van der Waals surface area contributed by atoms with Crippen LogP contribution in [0.1, 0.15) is 97.3 Å². The molecule has 0 unspecified atom stereocenters. The highest BCUT2D eigenvalue weighted by Gasteiger charge is 2.22. The maximum atomic E-state index is 12.3. The lowest BCUT2D eigenvalue weighted by atomic mass is 9.82. The first-order valence-corrected chi connectivity index (χ1v) is 20.5. The Kier molecular flexibility index (Phi) is 11.2. The molecule has 55 heavy (non-hydrogen) atoms. The molecule has 0 aliphatic heterocycles. The highest BCUT2D eigenvalue weighted by molar-refractivity contribution is 7.86. The third-order valence-electron chi connectivity index (χ3n) is 11.0. The van der Waals surface area contributed by atoms with Crippen LogP contribution < -0.4 is 0 Å². The summed E-state index contributed by atoms with van der Waals surface area (Å²) in [4.78, 5) is 5.15. The second-order valence-electron chi connectivity index (χ2n) is 15.7. The predicted octanol–water partition coefficient (Wildman–Crippen LogP) is 12.4. The molecule has 0 saturated carbocycles. The van der Waals surface area contributed by atoms with E-state index in [1.54, 1.807) is 13.8 Å². The Morgan fingerprint density at radius 2 is 0.964 bits per heavy atom. The van der Waals surface area contributed by atoms with Crippen LogP contribution >= 0.6 is 0 Å². The lowest BCUT2D eigenvalue weighted by Crippen LogP contribution is -2.08. The number of nitrogens with zero attached hydrogens (tertiary/aromatic N) is 1. The molecule has 0 spiro atoms. The highest BCUT2D eigenvalue weighted by atomic mass is 32.2. The van der Waals surface area contributed by atoms with E-state index < -0.39 is 10.1 Å². The number of rotatable bonds is 8. The SMILES string of the molecule is CC1=CC(=Nc2c(C)cc(C)cc2C)C=C(C)C1=C(c1ccc(Cc2c(C)cc(C)cc2C)cc1)c1ccc(Cc2c(C)cc(C)c(S(=O)(=O)O)c2C)cc1. The van der Waals surface area contributed by atoms with Gasteiger partial charge in [0.05, 0.1) is 16.3 Å². The second kappa shape index (κ2) is 15.6. The van der Waals surface area contributed by atoms with Gasteiger partial charge in [0.15, 0.2) is 0 Å². The molecule has 1 aliphatic carbocycles. The minimum atomic E-state index is -4.35. The fraction of sp³-hybridized carbons (Fsp3) is 0.260. The van der Waals surface area contributed by atoms with Gasteiger partial charge in [-0.2, -0.15) is 8.42 Å². The number of hydrogen-bond acceptors (Lipinski definition) is 3. The number of aryl methyl sites for hydroxylation is 8. The van der Waals surface area contributed by atoms with Crippen LogP contribution in [0.3, 0.4) is 0 Å². The largest absolute Gasteiger partial charge is 0.295 e. The van der Waals surface area contributed by atoms with Crippen LogP contribution in [0.4, 0.5) is 5.69 Å². The van der Waals surface area contributed by atoms with Crippen molar-refractivity contribution in [2.24, 2.45) is 4.99 Å². The molecular formula is C50H53NO3S. The Labute approximate surface area is 328 Å². The summed E-state index contributed by atoms with van der Waals surface area (Å²) in [5.74, 6) is 0. The van der Waals surface area contributed by atoms with Gasteiger partial charge in [-0.25, -0.2) is 4.99 Å². The van der Waals surface area contributed by atoms with E-state index in [1.165, 1.54) is 50.1 Å². The topological polar surface area (TPSA) is 66.7 Å². The van der Waals surface area contributed by atoms with Crippen LogP contribution in [0, 0.1) is 62.3 Å². The maximum absolute atomic E-state index is 12.3. The van der Waals surface area contributed by atoms with E-state index >= 15 is 0 Å². The summed E-state index contributed by atoms with van der Waals surface area (Å²) < 4.78 is 34.6. The minimum Gasteiger partial charge on any atom is -0.282 e. The summed E-state index contributed by atoms with van der Waals surface area (Å²) >= 11 is 0. The van der Waals surface area contributed by atoms with Crippen molar-refractivity contribution < 1.29 is 13.0 Å². The zero-order chi connectivity index (χ0) is 39.9. The average molecular weight is 748 g/mol. The minimum absolute atomic E-state index is 0.00492. The van der Waals surface area contributed by atoms with Gasteiger partial charge in [-0.1, -0.05) is 90.0 Å². The Morgan fingerprint density at radius 1 is 0.545 bits per heavy atom. The molecule has 5 heteroatoms. The normalized spacial score (nSPS) is 13.2. The fourth-order valence-electron chi connectivity index (χ4n) is 8.68. The zero-order valence-corrected chi connectivity index (χ0v) is 35.0.